The molecule has 1 aromatic heterocycles. The van der Waals surface area contributed by atoms with E-state index in [0.717, 1.165) is 0 Å². The highest BCUT2D eigenvalue weighted by molar-refractivity contribution is 7.88. The standard InChI is InChI=1S/C18H19Cl2N3O3S/c19-16-6-5-13(9-17(16)20)12-27(25,26)23-8-2-3-14(11-23)18(24)22-15-4-1-7-21-10-15/h1,4-7,9-10,14H,2-3,8,11-12H2,(H,22,24)/t14-/m0/s1. The number of benzene rings is 1. The molecular formula is C18H19Cl2N3O3S. The SMILES string of the molecule is O=C(Nc1cccnc1)[C@H]1CCCN(S(=O)(=O)Cc2ccc(Cl)c(Cl)c2)C1. The maximum atomic E-state index is 12.8. The molecule has 0 aliphatic carbocycles. The monoisotopic (exact) mass is 427 g/mol. The molecule has 0 unspecified atom stereocenters. The van der Waals surface area contributed by atoms with E-state index in [0.29, 0.717) is 40.7 Å². The fourth-order valence-electron chi connectivity index (χ4n) is 3.02. The Morgan fingerprint density at radius 1 is 1.26 bits per heavy atom. The first-order valence-corrected chi connectivity index (χ1v) is 10.8. The van der Waals surface area contributed by atoms with E-state index in [-0.39, 0.29) is 18.2 Å². The van der Waals surface area contributed by atoms with Crippen molar-refractivity contribution < 1.29 is 13.2 Å². The van der Waals surface area contributed by atoms with E-state index >= 15 is 0 Å². The minimum atomic E-state index is -3.57. The van der Waals surface area contributed by atoms with Crippen molar-refractivity contribution in [2.45, 2.75) is 18.6 Å². The molecule has 27 heavy (non-hydrogen) atoms. The molecule has 0 saturated carbocycles. The highest BCUT2D eigenvalue weighted by Crippen LogP contribution is 2.26. The Balaban J connectivity index is 1.67. The van der Waals surface area contributed by atoms with Crippen LogP contribution >= 0.6 is 23.2 Å². The van der Waals surface area contributed by atoms with Crippen LogP contribution in [0.15, 0.2) is 42.7 Å². The van der Waals surface area contributed by atoms with Crippen LogP contribution in [0.4, 0.5) is 5.69 Å². The Kier molecular flexibility index (Phi) is 6.37. The number of sulfonamides is 1. The summed E-state index contributed by atoms with van der Waals surface area (Å²) < 4.78 is 27.0. The molecule has 0 bridgehead atoms. The molecule has 9 heteroatoms. The largest absolute Gasteiger partial charge is 0.324 e. The minimum absolute atomic E-state index is 0.162. The summed E-state index contributed by atoms with van der Waals surface area (Å²) in [5.74, 6) is -0.777. The maximum absolute atomic E-state index is 12.8. The smallest absolute Gasteiger partial charge is 0.228 e. The van der Waals surface area contributed by atoms with E-state index in [1.165, 1.54) is 4.31 Å². The van der Waals surface area contributed by atoms with Crippen LogP contribution in [-0.2, 0) is 20.6 Å². The van der Waals surface area contributed by atoms with E-state index in [9.17, 15) is 13.2 Å². The van der Waals surface area contributed by atoms with E-state index < -0.39 is 15.9 Å². The van der Waals surface area contributed by atoms with E-state index in [1.807, 2.05) is 0 Å². The zero-order valence-corrected chi connectivity index (χ0v) is 16.8. The predicted octanol–water partition coefficient (Wildman–Crippen LogP) is 3.57. The number of amides is 1. The van der Waals surface area contributed by atoms with Gasteiger partial charge in [-0.3, -0.25) is 9.78 Å². The molecule has 3 rings (SSSR count). The van der Waals surface area contributed by atoms with Gasteiger partial charge in [0.25, 0.3) is 0 Å². The fraction of sp³-hybridized carbons (Fsp3) is 0.333. The third-order valence-corrected chi connectivity index (χ3v) is 6.97. The van der Waals surface area contributed by atoms with Gasteiger partial charge in [-0.25, -0.2) is 12.7 Å². The molecule has 1 aliphatic rings. The second-order valence-electron chi connectivity index (χ2n) is 6.43. The normalized spacial score (nSPS) is 18.2. The first-order valence-electron chi connectivity index (χ1n) is 8.48. The third kappa shape index (κ3) is 5.19. The van der Waals surface area contributed by atoms with E-state index in [1.54, 1.807) is 42.7 Å². The number of hydrogen-bond acceptors (Lipinski definition) is 4. The van der Waals surface area contributed by atoms with Crippen molar-refractivity contribution in [3.8, 4) is 0 Å². The van der Waals surface area contributed by atoms with Gasteiger partial charge in [0, 0.05) is 19.3 Å². The molecule has 1 fully saturated rings. The van der Waals surface area contributed by atoms with Crippen molar-refractivity contribution in [2.75, 3.05) is 18.4 Å². The van der Waals surface area contributed by atoms with Crippen LogP contribution in [0.3, 0.4) is 0 Å². The van der Waals surface area contributed by atoms with Gasteiger partial charge in [-0.05, 0) is 42.7 Å². The molecule has 1 atom stereocenters. The molecular weight excluding hydrogens is 409 g/mol. The molecule has 0 radical (unpaired) electrons. The molecule has 0 spiro atoms. The predicted molar refractivity (Wildman–Crippen MR) is 106 cm³/mol. The molecule has 1 amide bonds. The van der Waals surface area contributed by atoms with Gasteiger partial charge in [0.15, 0.2) is 0 Å². The number of hydrogen-bond donors (Lipinski definition) is 1. The molecule has 2 aromatic rings. The van der Waals surface area contributed by atoms with Crippen molar-refractivity contribution in [1.29, 1.82) is 0 Å². The van der Waals surface area contributed by atoms with Gasteiger partial charge in [0.1, 0.15) is 0 Å². The maximum Gasteiger partial charge on any atom is 0.228 e. The Morgan fingerprint density at radius 2 is 2.07 bits per heavy atom. The molecule has 1 saturated heterocycles. The van der Waals surface area contributed by atoms with Crippen LogP contribution in [0.1, 0.15) is 18.4 Å². The quantitative estimate of drug-likeness (QED) is 0.790. The number of halogens is 2. The average Bonchev–Trinajstić information content (AvgIpc) is 2.65. The number of aromatic nitrogens is 1. The second kappa shape index (κ2) is 8.56. The summed E-state index contributed by atoms with van der Waals surface area (Å²) in [6, 6.07) is 8.24. The first-order chi connectivity index (χ1) is 12.8. The lowest BCUT2D eigenvalue weighted by atomic mass is 9.99. The van der Waals surface area contributed by atoms with Gasteiger partial charge in [-0.1, -0.05) is 29.3 Å². The van der Waals surface area contributed by atoms with Crippen LogP contribution < -0.4 is 5.32 Å². The van der Waals surface area contributed by atoms with Crippen LogP contribution in [0.2, 0.25) is 10.0 Å². The summed E-state index contributed by atoms with van der Waals surface area (Å²) in [6.07, 6.45) is 4.45. The van der Waals surface area contributed by atoms with Crippen molar-refractivity contribution in [3.63, 3.8) is 0 Å². The van der Waals surface area contributed by atoms with Crippen molar-refractivity contribution in [1.82, 2.24) is 9.29 Å². The first kappa shape index (κ1) is 20.1. The summed E-state index contributed by atoms with van der Waals surface area (Å²) in [4.78, 5) is 16.4. The summed E-state index contributed by atoms with van der Waals surface area (Å²) in [5.41, 5.74) is 1.16. The molecule has 1 aliphatic heterocycles. The topological polar surface area (TPSA) is 79.4 Å². The number of rotatable bonds is 5. The van der Waals surface area contributed by atoms with Crippen LogP contribution in [0, 0.1) is 5.92 Å². The van der Waals surface area contributed by atoms with Gasteiger partial charge in [-0.15, -0.1) is 0 Å². The van der Waals surface area contributed by atoms with Gasteiger partial charge >= 0.3 is 0 Å². The van der Waals surface area contributed by atoms with Gasteiger partial charge in [0.05, 0.1) is 33.6 Å². The number of carbonyl (C=O) groups is 1. The number of anilines is 1. The summed E-state index contributed by atoms with van der Waals surface area (Å²) in [6.45, 7) is 0.566. The molecule has 1 aromatic carbocycles. The van der Waals surface area contributed by atoms with Gasteiger partial charge in [-0.2, -0.15) is 0 Å². The lowest BCUT2D eigenvalue weighted by molar-refractivity contribution is -0.120. The second-order valence-corrected chi connectivity index (χ2v) is 9.22. The van der Waals surface area contributed by atoms with Crippen LogP contribution in [-0.4, -0.2) is 36.7 Å². The van der Waals surface area contributed by atoms with Crippen LogP contribution in [0.25, 0.3) is 0 Å². The Morgan fingerprint density at radius 3 is 2.78 bits per heavy atom. The Hall–Kier alpha value is -1.67. The average molecular weight is 428 g/mol. The van der Waals surface area contributed by atoms with Crippen molar-refractivity contribution in [3.05, 3.63) is 58.3 Å². The number of pyridine rings is 1. The van der Waals surface area contributed by atoms with Crippen molar-refractivity contribution in [2.24, 2.45) is 5.92 Å². The molecule has 6 nitrogen and oxygen atoms in total. The zero-order chi connectivity index (χ0) is 19.4. The lowest BCUT2D eigenvalue weighted by Crippen LogP contribution is -2.44. The summed E-state index contributed by atoms with van der Waals surface area (Å²) in [5, 5.41) is 3.49. The Bertz CT molecular complexity index is 923. The number of carbonyl (C=O) groups excluding carboxylic acids is 1. The molecule has 1 N–H and O–H groups in total. The Labute approximate surface area is 168 Å². The number of nitrogens with one attached hydrogen (secondary N) is 1. The fourth-order valence-corrected chi connectivity index (χ4v) is 4.94. The number of piperidine rings is 1. The van der Waals surface area contributed by atoms with Crippen molar-refractivity contribution >= 4 is 44.8 Å². The summed E-state index contributed by atoms with van der Waals surface area (Å²) >= 11 is 11.9. The molecule has 2 heterocycles. The van der Waals surface area contributed by atoms with E-state index in [4.69, 9.17) is 23.2 Å². The molecule has 144 valence electrons. The van der Waals surface area contributed by atoms with Gasteiger partial charge in [0.2, 0.25) is 15.9 Å². The lowest BCUT2D eigenvalue weighted by Gasteiger charge is -2.31. The minimum Gasteiger partial charge on any atom is -0.324 e. The van der Waals surface area contributed by atoms with Crippen LogP contribution in [0.5, 0.6) is 0 Å². The highest BCUT2D eigenvalue weighted by atomic mass is 35.5. The zero-order valence-electron chi connectivity index (χ0n) is 14.4. The third-order valence-electron chi connectivity index (χ3n) is 4.41. The summed E-state index contributed by atoms with van der Waals surface area (Å²) in [7, 11) is -3.57. The number of nitrogens with zero attached hydrogens (tertiary/aromatic N) is 2. The van der Waals surface area contributed by atoms with E-state index in [2.05, 4.69) is 10.3 Å². The highest BCUT2D eigenvalue weighted by Gasteiger charge is 2.32. The van der Waals surface area contributed by atoms with Gasteiger partial charge < -0.3 is 5.32 Å².